The highest BCUT2D eigenvalue weighted by atomic mass is 32.4. The molecule has 0 bridgehead atoms. The van der Waals surface area contributed by atoms with E-state index in [0.717, 1.165) is 5.38 Å². The molecule has 0 aliphatic carbocycles. The zero-order chi connectivity index (χ0) is 12.3. The standard InChI is InChI=1S/C10H26O2SSi2/c1-10(2,3)14(6,7)13-9-15(8,11-4)12-5/h9H2,1-8H3. The molecule has 0 saturated heterocycles. The SMILES string of the molecule is CO[Si](C)(CS[Si](C)(C)C(C)(C)C)OC. The maximum atomic E-state index is 5.51. The Morgan fingerprint density at radius 2 is 1.40 bits per heavy atom. The van der Waals surface area contributed by atoms with Gasteiger partial charge in [0.15, 0.2) is 0 Å². The summed E-state index contributed by atoms with van der Waals surface area (Å²) in [6, 6.07) is 0. The summed E-state index contributed by atoms with van der Waals surface area (Å²) in [6.45, 7) is 14.0. The third-order valence-corrected chi connectivity index (χ3v) is 17.4. The average Bonchev–Trinajstić information content (AvgIpc) is 2.13. The molecule has 2 nitrogen and oxygen atoms in total. The first-order valence-electron chi connectivity index (χ1n) is 5.32. The van der Waals surface area contributed by atoms with E-state index in [-0.39, 0.29) is 0 Å². The highest BCUT2D eigenvalue weighted by molar-refractivity contribution is 8.29. The van der Waals surface area contributed by atoms with Crippen LogP contribution in [0.2, 0.25) is 24.7 Å². The van der Waals surface area contributed by atoms with Crippen LogP contribution in [0.25, 0.3) is 0 Å². The molecule has 0 N–H and O–H groups in total. The van der Waals surface area contributed by atoms with Crippen molar-refractivity contribution in [1.82, 2.24) is 0 Å². The molecule has 0 heterocycles. The molecule has 0 radical (unpaired) electrons. The Kier molecular flexibility index (Phi) is 5.61. The highest BCUT2D eigenvalue weighted by Crippen LogP contribution is 2.43. The number of hydrogen-bond acceptors (Lipinski definition) is 3. The second-order valence-electron chi connectivity index (χ2n) is 5.59. The lowest BCUT2D eigenvalue weighted by atomic mass is 10.2. The molecule has 15 heavy (non-hydrogen) atoms. The molecule has 0 atom stereocenters. The fourth-order valence-corrected chi connectivity index (χ4v) is 11.7. The fraction of sp³-hybridized carbons (Fsp3) is 1.00. The molecule has 0 spiro atoms. The quantitative estimate of drug-likeness (QED) is 0.708. The Hall–Kier alpha value is 0.704. The van der Waals surface area contributed by atoms with Gasteiger partial charge in [0.25, 0.3) is 0 Å². The Labute approximate surface area is 101 Å². The maximum absolute atomic E-state index is 5.51. The van der Waals surface area contributed by atoms with Gasteiger partial charge in [0.05, 0.1) is 0 Å². The second-order valence-corrected chi connectivity index (χ2v) is 18.6. The van der Waals surface area contributed by atoms with Crippen LogP contribution in [-0.4, -0.2) is 35.4 Å². The minimum Gasteiger partial charge on any atom is -0.397 e. The molecule has 0 aliphatic heterocycles. The summed E-state index contributed by atoms with van der Waals surface area (Å²) >= 11 is 2.09. The van der Waals surface area contributed by atoms with E-state index in [0.29, 0.717) is 5.04 Å². The summed E-state index contributed by atoms with van der Waals surface area (Å²) in [4.78, 5) is 0. The molecule has 0 aromatic carbocycles. The van der Waals surface area contributed by atoms with Crippen LogP contribution in [0.4, 0.5) is 0 Å². The van der Waals surface area contributed by atoms with Crippen molar-refractivity contribution in [1.29, 1.82) is 0 Å². The third kappa shape index (κ3) is 4.60. The van der Waals surface area contributed by atoms with E-state index in [1.165, 1.54) is 0 Å². The van der Waals surface area contributed by atoms with E-state index in [9.17, 15) is 0 Å². The number of rotatable bonds is 5. The van der Waals surface area contributed by atoms with Crippen LogP contribution in [0, 0.1) is 0 Å². The lowest BCUT2D eigenvalue weighted by Crippen LogP contribution is -2.44. The summed E-state index contributed by atoms with van der Waals surface area (Å²) < 4.78 is 11.0. The van der Waals surface area contributed by atoms with Gasteiger partial charge in [-0.25, -0.2) is 0 Å². The van der Waals surface area contributed by atoms with Gasteiger partial charge in [-0.3, -0.25) is 0 Å². The van der Waals surface area contributed by atoms with E-state index in [1.807, 2.05) is 0 Å². The third-order valence-electron chi connectivity index (χ3n) is 3.36. The molecule has 0 fully saturated rings. The summed E-state index contributed by atoms with van der Waals surface area (Å²) in [7, 11) is 0.388. The van der Waals surface area contributed by atoms with Crippen LogP contribution in [0.15, 0.2) is 0 Å². The van der Waals surface area contributed by atoms with Gasteiger partial charge < -0.3 is 8.85 Å². The minimum absolute atomic E-state index is 0.425. The van der Waals surface area contributed by atoms with E-state index in [1.54, 1.807) is 14.2 Å². The van der Waals surface area contributed by atoms with Crippen molar-refractivity contribution in [2.45, 2.75) is 45.5 Å². The predicted molar refractivity (Wildman–Crippen MR) is 75.3 cm³/mol. The average molecular weight is 267 g/mol. The van der Waals surface area contributed by atoms with Crippen LogP contribution < -0.4 is 0 Å². The smallest absolute Gasteiger partial charge is 0.344 e. The Morgan fingerprint density at radius 1 is 1.00 bits per heavy atom. The fourth-order valence-electron chi connectivity index (χ4n) is 0.729. The minimum atomic E-state index is -1.89. The van der Waals surface area contributed by atoms with E-state index in [4.69, 9.17) is 8.85 Å². The van der Waals surface area contributed by atoms with Crippen molar-refractivity contribution in [3.8, 4) is 0 Å². The van der Waals surface area contributed by atoms with Crippen molar-refractivity contribution < 1.29 is 8.85 Å². The first kappa shape index (κ1) is 15.7. The molecule has 0 amide bonds. The first-order valence-corrected chi connectivity index (χ1v) is 12.6. The maximum Gasteiger partial charge on any atom is 0.344 e. The topological polar surface area (TPSA) is 18.5 Å². The van der Waals surface area contributed by atoms with Crippen LogP contribution in [0.5, 0.6) is 0 Å². The van der Waals surface area contributed by atoms with Crippen LogP contribution in [0.1, 0.15) is 20.8 Å². The van der Waals surface area contributed by atoms with Crippen molar-refractivity contribution in [3.63, 3.8) is 0 Å². The van der Waals surface area contributed by atoms with Gasteiger partial charge in [-0.05, 0) is 11.6 Å². The first-order chi connectivity index (χ1) is 6.58. The van der Waals surface area contributed by atoms with Gasteiger partial charge in [0.2, 0.25) is 0 Å². The van der Waals surface area contributed by atoms with Crippen LogP contribution >= 0.6 is 11.2 Å². The van der Waals surface area contributed by atoms with Gasteiger partial charge in [0.1, 0.15) is 7.22 Å². The highest BCUT2D eigenvalue weighted by Gasteiger charge is 2.39. The number of hydrogen-bond donors (Lipinski definition) is 0. The van der Waals surface area contributed by atoms with Crippen LogP contribution in [0.3, 0.4) is 0 Å². The Balaban J connectivity index is 4.38. The van der Waals surface area contributed by atoms with Gasteiger partial charge in [0, 0.05) is 19.6 Å². The summed E-state index contributed by atoms with van der Waals surface area (Å²) in [6.07, 6.45) is 0. The largest absolute Gasteiger partial charge is 0.397 e. The van der Waals surface area contributed by atoms with Crippen molar-refractivity contribution in [2.75, 3.05) is 19.6 Å². The summed E-state index contributed by atoms with van der Waals surface area (Å²) in [5.41, 5.74) is 0. The Morgan fingerprint density at radius 3 is 1.67 bits per heavy atom. The lowest BCUT2D eigenvalue weighted by molar-refractivity contribution is 0.257. The summed E-state index contributed by atoms with van der Waals surface area (Å²) in [5.74, 6) is 0. The molecular formula is C10H26O2SSi2. The summed E-state index contributed by atoms with van der Waals surface area (Å²) in [5, 5.41) is 1.46. The van der Waals surface area contributed by atoms with Crippen molar-refractivity contribution in [3.05, 3.63) is 0 Å². The van der Waals surface area contributed by atoms with Gasteiger partial charge in [-0.2, -0.15) is 11.2 Å². The molecule has 5 heteroatoms. The van der Waals surface area contributed by atoms with E-state index < -0.39 is 15.8 Å². The zero-order valence-corrected chi connectivity index (χ0v) is 14.2. The molecular weight excluding hydrogens is 240 g/mol. The van der Waals surface area contributed by atoms with E-state index in [2.05, 4.69) is 51.6 Å². The molecule has 0 aromatic heterocycles. The van der Waals surface area contributed by atoms with Crippen molar-refractivity contribution in [2.24, 2.45) is 0 Å². The molecule has 0 aliphatic rings. The Bertz CT molecular complexity index is 198. The van der Waals surface area contributed by atoms with Gasteiger partial charge >= 0.3 is 8.56 Å². The van der Waals surface area contributed by atoms with Gasteiger partial charge in [-0.15, -0.1) is 0 Å². The molecule has 0 unspecified atom stereocenters. The monoisotopic (exact) mass is 266 g/mol. The zero-order valence-electron chi connectivity index (χ0n) is 11.4. The van der Waals surface area contributed by atoms with Crippen molar-refractivity contribution >= 4 is 27.0 Å². The van der Waals surface area contributed by atoms with Gasteiger partial charge in [-0.1, -0.05) is 33.9 Å². The predicted octanol–water partition coefficient (Wildman–Crippen LogP) is 3.63. The second kappa shape index (κ2) is 5.36. The lowest BCUT2D eigenvalue weighted by Gasteiger charge is -2.37. The van der Waals surface area contributed by atoms with E-state index >= 15 is 0 Å². The molecule has 0 rings (SSSR count). The molecule has 0 saturated carbocycles. The molecule has 0 aromatic rings. The van der Waals surface area contributed by atoms with Crippen LogP contribution in [-0.2, 0) is 8.85 Å². The molecule has 92 valence electrons. The normalized spacial score (nSPS) is 14.4.